The first-order valence-electron chi connectivity index (χ1n) is 5.50. The Morgan fingerprint density at radius 3 is 2.50 bits per heavy atom. The molecule has 0 aromatic carbocycles. The van der Waals surface area contributed by atoms with Gasteiger partial charge in [0.1, 0.15) is 0 Å². The molecule has 0 heterocycles. The summed E-state index contributed by atoms with van der Waals surface area (Å²) in [6.45, 7) is 6.70. The maximum atomic E-state index is 10.3. The second-order valence-electron chi connectivity index (χ2n) is 5.76. The van der Waals surface area contributed by atoms with Crippen molar-refractivity contribution in [2.45, 2.75) is 46.1 Å². The first kappa shape index (κ1) is 9.98. The Labute approximate surface area is 85.9 Å². The molecule has 0 amide bonds. The van der Waals surface area contributed by atoms with E-state index in [0.717, 1.165) is 6.42 Å². The lowest BCUT2D eigenvalue weighted by molar-refractivity contribution is -0.00924. The third-order valence-corrected chi connectivity index (χ3v) is 5.28. The highest BCUT2D eigenvalue weighted by molar-refractivity contribution is 5.15. The first-order valence-corrected chi connectivity index (χ1v) is 5.50. The fourth-order valence-electron chi connectivity index (χ4n) is 3.89. The fourth-order valence-corrected chi connectivity index (χ4v) is 3.89. The van der Waals surface area contributed by atoms with Crippen LogP contribution >= 0.6 is 0 Å². The van der Waals surface area contributed by atoms with Crippen LogP contribution in [0.15, 0.2) is 0 Å². The second-order valence-corrected chi connectivity index (χ2v) is 5.76. The normalized spacial score (nSPS) is 49.2. The van der Waals surface area contributed by atoms with Gasteiger partial charge in [-0.1, -0.05) is 20.8 Å². The van der Waals surface area contributed by atoms with Crippen molar-refractivity contribution in [3.05, 3.63) is 0 Å². The summed E-state index contributed by atoms with van der Waals surface area (Å²) in [6, 6.07) is 2.22. The lowest BCUT2D eigenvalue weighted by Crippen LogP contribution is -2.37. The lowest BCUT2D eigenvalue weighted by atomic mass is 9.70. The summed E-state index contributed by atoms with van der Waals surface area (Å²) in [6.07, 6.45) is 2.56. The van der Waals surface area contributed by atoms with E-state index in [2.05, 4.69) is 26.8 Å². The van der Waals surface area contributed by atoms with Gasteiger partial charge in [0, 0.05) is 12.3 Å². The Hall–Kier alpha value is -0.550. The fraction of sp³-hybridized carbons (Fsp3) is 0.917. The summed E-state index contributed by atoms with van der Waals surface area (Å²) in [7, 11) is 0. The molecule has 78 valence electrons. The topological polar surface area (TPSA) is 44.0 Å². The molecule has 0 saturated heterocycles. The van der Waals surface area contributed by atoms with Gasteiger partial charge in [-0.2, -0.15) is 5.26 Å². The quantitative estimate of drug-likeness (QED) is 0.694. The number of hydrogen-bond acceptors (Lipinski definition) is 2. The molecule has 0 aromatic rings. The Bertz CT molecular complexity index is 291. The molecule has 4 atom stereocenters. The highest BCUT2D eigenvalue weighted by Crippen LogP contribution is 2.68. The van der Waals surface area contributed by atoms with Crippen LogP contribution in [0.1, 0.15) is 40.0 Å². The number of aliphatic hydroxyl groups excluding tert-OH is 1. The minimum absolute atomic E-state index is 0.0409. The van der Waals surface area contributed by atoms with Gasteiger partial charge in [0.05, 0.1) is 12.2 Å². The second kappa shape index (κ2) is 2.73. The van der Waals surface area contributed by atoms with Gasteiger partial charge < -0.3 is 5.11 Å². The molecular weight excluding hydrogens is 174 g/mol. The van der Waals surface area contributed by atoms with Crippen molar-refractivity contribution in [3.63, 3.8) is 0 Å². The van der Waals surface area contributed by atoms with Crippen molar-refractivity contribution in [3.8, 4) is 6.07 Å². The zero-order chi connectivity index (χ0) is 10.6. The standard InChI is InChI=1S/C12H19NO/c1-11(2)9-4-6-12(11,3)10(14)8(9)5-7-13/h8-10,14H,4-6H2,1-3H3/t8-,9+,10+,12-/m0/s1. The molecule has 2 fully saturated rings. The largest absolute Gasteiger partial charge is 0.392 e. The van der Waals surface area contributed by atoms with Gasteiger partial charge in [-0.15, -0.1) is 0 Å². The molecule has 2 rings (SSSR count). The minimum atomic E-state index is -0.268. The molecule has 0 aromatic heterocycles. The Morgan fingerprint density at radius 2 is 2.07 bits per heavy atom. The molecule has 0 aliphatic heterocycles. The molecule has 2 bridgehead atoms. The van der Waals surface area contributed by atoms with Crippen LogP contribution in [-0.4, -0.2) is 11.2 Å². The van der Waals surface area contributed by atoms with Crippen LogP contribution in [0.2, 0.25) is 0 Å². The minimum Gasteiger partial charge on any atom is -0.392 e. The smallest absolute Gasteiger partial charge is 0.0639 e. The van der Waals surface area contributed by atoms with E-state index >= 15 is 0 Å². The van der Waals surface area contributed by atoms with Crippen molar-refractivity contribution in [2.75, 3.05) is 0 Å². The van der Waals surface area contributed by atoms with Crippen LogP contribution in [0.4, 0.5) is 0 Å². The van der Waals surface area contributed by atoms with Crippen molar-refractivity contribution >= 4 is 0 Å². The predicted octanol–water partition coefficient (Wildman–Crippen LogP) is 2.33. The highest BCUT2D eigenvalue weighted by atomic mass is 16.3. The van der Waals surface area contributed by atoms with Crippen molar-refractivity contribution in [1.82, 2.24) is 0 Å². The van der Waals surface area contributed by atoms with Crippen LogP contribution in [0.3, 0.4) is 0 Å². The van der Waals surface area contributed by atoms with Gasteiger partial charge in [-0.3, -0.25) is 0 Å². The zero-order valence-corrected chi connectivity index (χ0v) is 9.25. The molecule has 0 unspecified atom stereocenters. The molecule has 2 aliphatic rings. The van der Waals surface area contributed by atoms with E-state index in [-0.39, 0.29) is 22.9 Å². The van der Waals surface area contributed by atoms with Gasteiger partial charge in [0.15, 0.2) is 0 Å². The third kappa shape index (κ3) is 0.892. The highest BCUT2D eigenvalue weighted by Gasteiger charge is 2.65. The number of nitriles is 1. The van der Waals surface area contributed by atoms with Crippen molar-refractivity contribution in [1.29, 1.82) is 5.26 Å². The lowest BCUT2D eigenvalue weighted by Gasteiger charge is -2.37. The molecular formula is C12H19NO. The van der Waals surface area contributed by atoms with E-state index in [1.807, 2.05) is 0 Å². The van der Waals surface area contributed by atoms with Crippen LogP contribution in [-0.2, 0) is 0 Å². The number of hydrogen-bond donors (Lipinski definition) is 1. The van der Waals surface area contributed by atoms with E-state index in [4.69, 9.17) is 5.26 Å². The summed E-state index contributed by atoms with van der Waals surface area (Å²) < 4.78 is 0. The Kier molecular flexibility index (Phi) is 1.95. The number of fused-ring (bicyclic) bond motifs is 2. The number of aliphatic hydroxyl groups is 1. The van der Waals surface area contributed by atoms with Gasteiger partial charge in [-0.05, 0) is 29.6 Å². The SMILES string of the molecule is CC1(C)[C@@H]2CC[C@@]1(C)[C@H](O)[C@H]2CC#N. The average Bonchev–Trinajstić information content (AvgIpc) is 2.41. The van der Waals surface area contributed by atoms with E-state index in [9.17, 15) is 5.11 Å². The van der Waals surface area contributed by atoms with E-state index in [0.29, 0.717) is 12.3 Å². The van der Waals surface area contributed by atoms with Crippen molar-refractivity contribution < 1.29 is 5.11 Å². The number of nitrogens with zero attached hydrogens (tertiary/aromatic N) is 1. The number of rotatable bonds is 1. The van der Waals surface area contributed by atoms with Gasteiger partial charge in [0.2, 0.25) is 0 Å². The van der Waals surface area contributed by atoms with Crippen LogP contribution < -0.4 is 0 Å². The Balaban J connectivity index is 2.35. The monoisotopic (exact) mass is 193 g/mol. The molecule has 2 aliphatic carbocycles. The third-order valence-electron chi connectivity index (χ3n) is 5.28. The van der Waals surface area contributed by atoms with Crippen LogP contribution in [0, 0.1) is 34.0 Å². The molecule has 2 heteroatoms. The molecule has 0 spiro atoms. The molecule has 0 radical (unpaired) electrons. The summed E-state index contributed by atoms with van der Waals surface area (Å²) in [5.41, 5.74) is 0.243. The van der Waals surface area contributed by atoms with E-state index < -0.39 is 0 Å². The van der Waals surface area contributed by atoms with E-state index in [1.54, 1.807) is 0 Å². The molecule has 1 N–H and O–H groups in total. The summed E-state index contributed by atoms with van der Waals surface area (Å²) in [5, 5.41) is 19.0. The first-order chi connectivity index (χ1) is 6.45. The van der Waals surface area contributed by atoms with Gasteiger partial charge >= 0.3 is 0 Å². The van der Waals surface area contributed by atoms with E-state index in [1.165, 1.54) is 6.42 Å². The summed E-state index contributed by atoms with van der Waals surface area (Å²) in [5.74, 6) is 0.760. The Morgan fingerprint density at radius 1 is 1.43 bits per heavy atom. The molecule has 2 saturated carbocycles. The summed E-state index contributed by atoms with van der Waals surface area (Å²) >= 11 is 0. The summed E-state index contributed by atoms with van der Waals surface area (Å²) in [4.78, 5) is 0. The molecule has 2 nitrogen and oxygen atoms in total. The van der Waals surface area contributed by atoms with Gasteiger partial charge in [-0.25, -0.2) is 0 Å². The van der Waals surface area contributed by atoms with Gasteiger partial charge in [0.25, 0.3) is 0 Å². The zero-order valence-electron chi connectivity index (χ0n) is 9.25. The predicted molar refractivity (Wildman–Crippen MR) is 54.3 cm³/mol. The maximum Gasteiger partial charge on any atom is 0.0639 e. The van der Waals surface area contributed by atoms with Crippen LogP contribution in [0.5, 0.6) is 0 Å². The average molecular weight is 193 g/mol. The van der Waals surface area contributed by atoms with Crippen LogP contribution in [0.25, 0.3) is 0 Å². The molecule has 14 heavy (non-hydrogen) atoms. The van der Waals surface area contributed by atoms with Crippen molar-refractivity contribution in [2.24, 2.45) is 22.7 Å². The maximum absolute atomic E-state index is 10.3.